The van der Waals surface area contributed by atoms with Crippen molar-refractivity contribution >= 4 is 6.29 Å². The van der Waals surface area contributed by atoms with Crippen LogP contribution in [0.2, 0.25) is 0 Å². The zero-order chi connectivity index (χ0) is 9.84. The second-order valence-electron chi connectivity index (χ2n) is 2.24. The Labute approximate surface area is 72.6 Å². The highest BCUT2D eigenvalue weighted by molar-refractivity contribution is 5.72. The molecule has 0 atom stereocenters. The first-order valence-corrected chi connectivity index (χ1v) is 3.33. The van der Waals surface area contributed by atoms with Crippen molar-refractivity contribution in [3.8, 4) is 6.07 Å². The highest BCUT2D eigenvalue weighted by Gasteiger charge is 2.10. The molecule has 13 heavy (non-hydrogen) atoms. The van der Waals surface area contributed by atoms with E-state index in [4.69, 9.17) is 5.26 Å². The highest BCUT2D eigenvalue weighted by Crippen LogP contribution is 2.19. The summed E-state index contributed by atoms with van der Waals surface area (Å²) in [7, 11) is 0. The Morgan fingerprint density at radius 2 is 2.23 bits per heavy atom. The molecule has 1 heterocycles. The Bertz CT molecular complexity index is 371. The fraction of sp³-hybridized carbons (Fsp3) is 0.125. The minimum Gasteiger partial charge on any atom is -0.296 e. The average Bonchev–Trinajstić information content (AvgIpc) is 2.16. The van der Waals surface area contributed by atoms with Crippen molar-refractivity contribution in [2.24, 2.45) is 0 Å². The number of pyridine rings is 1. The van der Waals surface area contributed by atoms with Crippen molar-refractivity contribution in [3.05, 3.63) is 29.1 Å². The third-order valence-electron chi connectivity index (χ3n) is 1.35. The van der Waals surface area contributed by atoms with E-state index in [9.17, 15) is 13.6 Å². The van der Waals surface area contributed by atoms with Crippen LogP contribution in [0.25, 0.3) is 0 Å². The average molecular weight is 182 g/mol. The Kier molecular flexibility index (Phi) is 2.65. The molecule has 0 spiro atoms. The molecular weight excluding hydrogens is 178 g/mol. The number of hydrogen-bond donors (Lipinski definition) is 0. The highest BCUT2D eigenvalue weighted by atomic mass is 19.3. The lowest BCUT2D eigenvalue weighted by Gasteiger charge is -1.99. The van der Waals surface area contributed by atoms with Crippen molar-refractivity contribution in [1.82, 2.24) is 4.98 Å². The molecule has 0 N–H and O–H groups in total. The van der Waals surface area contributed by atoms with Crippen molar-refractivity contribution < 1.29 is 13.6 Å². The summed E-state index contributed by atoms with van der Waals surface area (Å²) in [4.78, 5) is 13.7. The van der Waals surface area contributed by atoms with E-state index in [1.165, 1.54) is 0 Å². The van der Waals surface area contributed by atoms with E-state index in [1.54, 1.807) is 6.07 Å². The summed E-state index contributed by atoms with van der Waals surface area (Å²) in [5.41, 5.74) is -0.706. The Hall–Kier alpha value is -1.83. The van der Waals surface area contributed by atoms with Crippen molar-refractivity contribution in [3.63, 3.8) is 0 Å². The number of aldehydes is 1. The molecule has 3 nitrogen and oxygen atoms in total. The van der Waals surface area contributed by atoms with E-state index in [-0.39, 0.29) is 17.0 Å². The van der Waals surface area contributed by atoms with Crippen molar-refractivity contribution in [2.45, 2.75) is 6.43 Å². The Morgan fingerprint density at radius 1 is 1.54 bits per heavy atom. The summed E-state index contributed by atoms with van der Waals surface area (Å²) < 4.78 is 24.3. The van der Waals surface area contributed by atoms with Crippen molar-refractivity contribution in [1.29, 1.82) is 5.26 Å². The molecule has 0 fully saturated rings. The van der Waals surface area contributed by atoms with Crippen LogP contribution in [-0.4, -0.2) is 11.3 Å². The van der Waals surface area contributed by atoms with Crippen molar-refractivity contribution in [2.75, 3.05) is 0 Å². The van der Waals surface area contributed by atoms with Crippen LogP contribution < -0.4 is 0 Å². The third kappa shape index (κ3) is 2.06. The van der Waals surface area contributed by atoms with Crippen LogP contribution in [0.1, 0.15) is 28.2 Å². The number of aromatic nitrogens is 1. The second-order valence-corrected chi connectivity index (χ2v) is 2.24. The zero-order valence-corrected chi connectivity index (χ0v) is 6.37. The van der Waals surface area contributed by atoms with Gasteiger partial charge in [0.05, 0.1) is 0 Å². The number of alkyl halides is 2. The molecule has 0 radical (unpaired) electrons. The van der Waals surface area contributed by atoms with Gasteiger partial charge in [-0.2, -0.15) is 5.26 Å². The number of nitrogens with zero attached hydrogens (tertiary/aromatic N) is 2. The summed E-state index contributed by atoms with van der Waals surface area (Å²) in [5.74, 6) is 0. The minimum atomic E-state index is -2.70. The zero-order valence-electron chi connectivity index (χ0n) is 6.37. The molecule has 66 valence electrons. The van der Waals surface area contributed by atoms with E-state index in [0.29, 0.717) is 6.29 Å². The molecule has 1 rings (SSSR count). The van der Waals surface area contributed by atoms with Gasteiger partial charge in [0.1, 0.15) is 17.5 Å². The van der Waals surface area contributed by atoms with E-state index in [2.05, 4.69) is 4.98 Å². The number of halogens is 2. The molecular formula is C8H4F2N2O. The van der Waals surface area contributed by atoms with Gasteiger partial charge in [-0.3, -0.25) is 4.79 Å². The van der Waals surface area contributed by atoms with Gasteiger partial charge < -0.3 is 0 Å². The largest absolute Gasteiger partial charge is 0.296 e. The Balaban J connectivity index is 3.24. The van der Waals surface area contributed by atoms with Crippen LogP contribution in [0, 0.1) is 11.3 Å². The first-order chi connectivity index (χ1) is 6.17. The van der Waals surface area contributed by atoms with E-state index < -0.39 is 6.43 Å². The van der Waals surface area contributed by atoms with Crippen LogP contribution in [0.4, 0.5) is 8.78 Å². The lowest BCUT2D eigenvalue weighted by atomic mass is 10.2. The molecule has 0 saturated carbocycles. The standard InChI is InChI=1S/C8H4F2N2O/c9-8(10)5-1-6(3-11)12-7(2-5)4-13/h1-2,4,8H. The topological polar surface area (TPSA) is 53.8 Å². The monoisotopic (exact) mass is 182 g/mol. The quantitative estimate of drug-likeness (QED) is 0.654. The maximum atomic E-state index is 12.1. The number of carbonyl (C=O) groups is 1. The van der Waals surface area contributed by atoms with Gasteiger partial charge in [-0.1, -0.05) is 0 Å². The van der Waals surface area contributed by atoms with Gasteiger partial charge in [0.15, 0.2) is 6.29 Å². The fourth-order valence-electron chi connectivity index (χ4n) is 0.818. The van der Waals surface area contributed by atoms with Crippen LogP contribution in [0.5, 0.6) is 0 Å². The molecule has 5 heteroatoms. The molecule has 0 unspecified atom stereocenters. The molecule has 0 aliphatic rings. The summed E-state index contributed by atoms with van der Waals surface area (Å²) in [6.45, 7) is 0. The molecule has 0 aromatic carbocycles. The SMILES string of the molecule is N#Cc1cc(C(F)F)cc(C=O)n1. The number of hydrogen-bond acceptors (Lipinski definition) is 3. The summed E-state index contributed by atoms with van der Waals surface area (Å²) >= 11 is 0. The third-order valence-corrected chi connectivity index (χ3v) is 1.35. The summed E-state index contributed by atoms with van der Waals surface area (Å²) in [6.07, 6.45) is -2.37. The summed E-state index contributed by atoms with van der Waals surface area (Å²) in [5, 5.41) is 8.39. The van der Waals surface area contributed by atoms with Gasteiger partial charge in [-0.15, -0.1) is 0 Å². The van der Waals surface area contributed by atoms with Gasteiger partial charge in [0.25, 0.3) is 6.43 Å². The lowest BCUT2D eigenvalue weighted by molar-refractivity contribution is 0.111. The van der Waals surface area contributed by atoms with Gasteiger partial charge in [0, 0.05) is 5.56 Å². The fourth-order valence-corrected chi connectivity index (χ4v) is 0.818. The van der Waals surface area contributed by atoms with Gasteiger partial charge >= 0.3 is 0 Å². The maximum absolute atomic E-state index is 12.1. The predicted octanol–water partition coefficient (Wildman–Crippen LogP) is 1.70. The smallest absolute Gasteiger partial charge is 0.264 e. The van der Waals surface area contributed by atoms with Crippen LogP contribution >= 0.6 is 0 Å². The first kappa shape index (κ1) is 9.26. The second kappa shape index (κ2) is 3.72. The van der Waals surface area contributed by atoms with Crippen LogP contribution in [-0.2, 0) is 0 Å². The van der Waals surface area contributed by atoms with E-state index >= 15 is 0 Å². The predicted molar refractivity (Wildman–Crippen MR) is 39.3 cm³/mol. The van der Waals surface area contributed by atoms with Gasteiger partial charge in [-0.25, -0.2) is 13.8 Å². The maximum Gasteiger partial charge on any atom is 0.264 e. The lowest BCUT2D eigenvalue weighted by Crippen LogP contribution is -1.95. The first-order valence-electron chi connectivity index (χ1n) is 3.33. The number of rotatable bonds is 2. The van der Waals surface area contributed by atoms with E-state index in [1.807, 2.05) is 0 Å². The normalized spacial score (nSPS) is 9.69. The Morgan fingerprint density at radius 3 is 2.69 bits per heavy atom. The van der Waals surface area contributed by atoms with Gasteiger partial charge in [-0.05, 0) is 12.1 Å². The van der Waals surface area contributed by atoms with E-state index in [0.717, 1.165) is 12.1 Å². The number of nitriles is 1. The molecule has 0 aliphatic carbocycles. The number of carbonyl (C=O) groups excluding carboxylic acids is 1. The molecule has 0 bridgehead atoms. The molecule has 0 amide bonds. The van der Waals surface area contributed by atoms with Crippen LogP contribution in [0.15, 0.2) is 12.1 Å². The van der Waals surface area contributed by atoms with Crippen LogP contribution in [0.3, 0.4) is 0 Å². The molecule has 0 saturated heterocycles. The molecule has 1 aromatic rings. The molecule has 0 aliphatic heterocycles. The van der Waals surface area contributed by atoms with Gasteiger partial charge in [0.2, 0.25) is 0 Å². The minimum absolute atomic E-state index is 0.158. The molecule has 1 aromatic heterocycles. The summed E-state index contributed by atoms with van der Waals surface area (Å²) in [6, 6.07) is 3.51.